The van der Waals surface area contributed by atoms with Crippen molar-refractivity contribution in [3.05, 3.63) is 45.1 Å². The summed E-state index contributed by atoms with van der Waals surface area (Å²) in [6.07, 6.45) is 0. The van der Waals surface area contributed by atoms with Crippen molar-refractivity contribution in [2.45, 2.75) is 6.54 Å². The Balaban J connectivity index is 2.21. The third-order valence-electron chi connectivity index (χ3n) is 3.07. The molecule has 0 saturated carbocycles. The molecule has 2 rings (SSSR count). The van der Waals surface area contributed by atoms with Gasteiger partial charge < -0.3 is 15.2 Å². The zero-order chi connectivity index (χ0) is 15.4. The number of fused-ring (bicyclic) bond motifs is 1. The number of likely N-dealkylation sites (N-methyl/N-ethyl adjacent to an activating group) is 1. The van der Waals surface area contributed by atoms with E-state index in [1.165, 1.54) is 0 Å². The Bertz CT molecular complexity index is 761. The zero-order valence-electron chi connectivity index (χ0n) is 12.0. The van der Waals surface area contributed by atoms with Crippen molar-refractivity contribution < 1.29 is 4.79 Å². The average Bonchev–Trinajstić information content (AvgIpc) is 2.43. The summed E-state index contributed by atoms with van der Waals surface area (Å²) in [5, 5.41) is 3.06. The van der Waals surface area contributed by atoms with E-state index >= 15 is 0 Å². The molecule has 7 nitrogen and oxygen atoms in total. The van der Waals surface area contributed by atoms with E-state index in [0.29, 0.717) is 24.0 Å². The van der Waals surface area contributed by atoms with E-state index < -0.39 is 11.2 Å². The maximum absolute atomic E-state index is 12.2. The van der Waals surface area contributed by atoms with Crippen LogP contribution in [0, 0.1) is 0 Å². The fourth-order valence-corrected chi connectivity index (χ4v) is 1.96. The van der Waals surface area contributed by atoms with Gasteiger partial charge in [-0.05, 0) is 26.2 Å². The van der Waals surface area contributed by atoms with Gasteiger partial charge in [0.1, 0.15) is 6.54 Å². The Hall–Kier alpha value is -2.41. The van der Waals surface area contributed by atoms with Gasteiger partial charge in [-0.1, -0.05) is 12.1 Å². The summed E-state index contributed by atoms with van der Waals surface area (Å²) in [5.41, 5.74) is -0.574. The standard InChI is InChI=1S/C14H18N4O3/c1-17(2)8-7-15-12(19)9-18-13(20)10-5-3-4-6-11(10)16-14(18)21/h3-6H,7-9H2,1-2H3,(H,15,19)(H,16,21). The first-order valence-corrected chi connectivity index (χ1v) is 6.62. The highest BCUT2D eigenvalue weighted by Crippen LogP contribution is 2.02. The van der Waals surface area contributed by atoms with E-state index in [2.05, 4.69) is 10.3 Å². The first kappa shape index (κ1) is 15.0. The van der Waals surface area contributed by atoms with Gasteiger partial charge in [0.2, 0.25) is 5.91 Å². The molecule has 0 unspecified atom stereocenters. The second-order valence-electron chi connectivity index (χ2n) is 5.02. The molecule has 1 aromatic carbocycles. The van der Waals surface area contributed by atoms with Crippen LogP contribution in [0.15, 0.2) is 33.9 Å². The zero-order valence-corrected chi connectivity index (χ0v) is 12.0. The first-order chi connectivity index (χ1) is 9.99. The summed E-state index contributed by atoms with van der Waals surface area (Å²) in [6, 6.07) is 6.72. The number of hydrogen-bond acceptors (Lipinski definition) is 4. The van der Waals surface area contributed by atoms with Gasteiger partial charge in [-0.15, -0.1) is 0 Å². The average molecular weight is 290 g/mol. The van der Waals surface area contributed by atoms with Gasteiger partial charge in [0.15, 0.2) is 0 Å². The van der Waals surface area contributed by atoms with Crippen LogP contribution in [0.1, 0.15) is 0 Å². The maximum Gasteiger partial charge on any atom is 0.329 e. The largest absolute Gasteiger partial charge is 0.353 e. The van der Waals surface area contributed by atoms with E-state index in [1.807, 2.05) is 19.0 Å². The summed E-state index contributed by atoms with van der Waals surface area (Å²) in [7, 11) is 3.79. The van der Waals surface area contributed by atoms with Gasteiger partial charge in [-0.25, -0.2) is 4.79 Å². The molecule has 1 aromatic heterocycles. The number of H-pyrrole nitrogens is 1. The number of rotatable bonds is 5. The van der Waals surface area contributed by atoms with Crippen molar-refractivity contribution in [2.24, 2.45) is 0 Å². The Kier molecular flexibility index (Phi) is 4.54. The van der Waals surface area contributed by atoms with Crippen molar-refractivity contribution in [1.29, 1.82) is 0 Å². The highest BCUT2D eigenvalue weighted by Gasteiger charge is 2.10. The predicted octanol–water partition coefficient (Wildman–Crippen LogP) is -0.632. The normalized spacial score (nSPS) is 11.0. The lowest BCUT2D eigenvalue weighted by Crippen LogP contribution is -2.41. The van der Waals surface area contributed by atoms with E-state index in [4.69, 9.17) is 0 Å². The van der Waals surface area contributed by atoms with Crippen LogP contribution in [-0.2, 0) is 11.3 Å². The summed E-state index contributed by atoms with van der Waals surface area (Å²) in [4.78, 5) is 40.4. The molecule has 1 amide bonds. The van der Waals surface area contributed by atoms with Crippen LogP contribution in [0.4, 0.5) is 0 Å². The molecule has 2 aromatic rings. The highest BCUT2D eigenvalue weighted by molar-refractivity contribution is 5.78. The molecule has 112 valence electrons. The molecule has 7 heteroatoms. The second kappa shape index (κ2) is 6.36. The third kappa shape index (κ3) is 3.57. The number of carbonyl (C=O) groups excluding carboxylic acids is 1. The Morgan fingerprint density at radius 2 is 2.00 bits per heavy atom. The summed E-state index contributed by atoms with van der Waals surface area (Å²) < 4.78 is 0.910. The number of benzene rings is 1. The van der Waals surface area contributed by atoms with Crippen molar-refractivity contribution in [2.75, 3.05) is 27.2 Å². The molecule has 0 spiro atoms. The maximum atomic E-state index is 12.2. The molecule has 0 bridgehead atoms. The van der Waals surface area contributed by atoms with E-state index in [9.17, 15) is 14.4 Å². The monoisotopic (exact) mass is 290 g/mol. The number of aromatic nitrogens is 2. The fraction of sp³-hybridized carbons (Fsp3) is 0.357. The van der Waals surface area contributed by atoms with Gasteiger partial charge in [0, 0.05) is 13.1 Å². The van der Waals surface area contributed by atoms with Crippen LogP contribution in [0.25, 0.3) is 10.9 Å². The summed E-state index contributed by atoms with van der Waals surface area (Å²) >= 11 is 0. The molecule has 0 radical (unpaired) electrons. The molecular weight excluding hydrogens is 272 g/mol. The van der Waals surface area contributed by atoms with Crippen molar-refractivity contribution in [1.82, 2.24) is 19.8 Å². The lowest BCUT2D eigenvalue weighted by atomic mass is 10.2. The fourth-order valence-electron chi connectivity index (χ4n) is 1.96. The number of carbonyl (C=O) groups is 1. The van der Waals surface area contributed by atoms with Crippen LogP contribution < -0.4 is 16.6 Å². The van der Waals surface area contributed by atoms with E-state index in [0.717, 1.165) is 4.57 Å². The lowest BCUT2D eigenvalue weighted by Gasteiger charge is -2.11. The van der Waals surface area contributed by atoms with Crippen molar-refractivity contribution in [3.8, 4) is 0 Å². The topological polar surface area (TPSA) is 87.2 Å². The third-order valence-corrected chi connectivity index (χ3v) is 3.07. The smallest absolute Gasteiger partial charge is 0.329 e. The minimum Gasteiger partial charge on any atom is -0.353 e. The molecule has 0 atom stereocenters. The van der Waals surface area contributed by atoms with Gasteiger partial charge in [-0.3, -0.25) is 14.2 Å². The molecule has 0 fully saturated rings. The molecule has 0 aliphatic rings. The number of aromatic amines is 1. The van der Waals surface area contributed by atoms with Crippen LogP contribution in [0.5, 0.6) is 0 Å². The number of amides is 1. The molecule has 2 N–H and O–H groups in total. The summed E-state index contributed by atoms with van der Waals surface area (Å²) in [6.45, 7) is 0.868. The van der Waals surface area contributed by atoms with Crippen LogP contribution in [-0.4, -0.2) is 47.5 Å². The van der Waals surface area contributed by atoms with Gasteiger partial charge in [-0.2, -0.15) is 0 Å². The van der Waals surface area contributed by atoms with E-state index in [-0.39, 0.29) is 12.5 Å². The molecule has 0 aliphatic carbocycles. The lowest BCUT2D eigenvalue weighted by molar-refractivity contribution is -0.121. The van der Waals surface area contributed by atoms with Crippen molar-refractivity contribution in [3.63, 3.8) is 0 Å². The van der Waals surface area contributed by atoms with E-state index in [1.54, 1.807) is 24.3 Å². The highest BCUT2D eigenvalue weighted by atomic mass is 16.2. The van der Waals surface area contributed by atoms with Crippen LogP contribution in [0.3, 0.4) is 0 Å². The first-order valence-electron chi connectivity index (χ1n) is 6.62. The van der Waals surface area contributed by atoms with Crippen LogP contribution in [0.2, 0.25) is 0 Å². The molecule has 21 heavy (non-hydrogen) atoms. The second-order valence-corrected chi connectivity index (χ2v) is 5.02. The van der Waals surface area contributed by atoms with Gasteiger partial charge >= 0.3 is 5.69 Å². The van der Waals surface area contributed by atoms with Crippen molar-refractivity contribution >= 4 is 16.8 Å². The number of hydrogen-bond donors (Lipinski definition) is 2. The molecule has 0 aliphatic heterocycles. The quantitative estimate of drug-likeness (QED) is 0.767. The molecule has 1 heterocycles. The Morgan fingerprint density at radius 1 is 1.29 bits per heavy atom. The minimum absolute atomic E-state index is 0.285. The SMILES string of the molecule is CN(C)CCNC(=O)Cn1c(=O)[nH]c2ccccc2c1=O. The summed E-state index contributed by atoms with van der Waals surface area (Å²) in [5.74, 6) is -0.361. The van der Waals surface area contributed by atoms with Gasteiger partial charge in [0.25, 0.3) is 5.56 Å². The predicted molar refractivity (Wildman–Crippen MR) is 80.4 cm³/mol. The van der Waals surface area contributed by atoms with Crippen LogP contribution >= 0.6 is 0 Å². The number of para-hydroxylation sites is 1. The van der Waals surface area contributed by atoms with Gasteiger partial charge in [0.05, 0.1) is 10.9 Å². The Labute approximate surface area is 121 Å². The molecular formula is C14H18N4O3. The number of nitrogens with one attached hydrogen (secondary N) is 2. The number of nitrogens with zero attached hydrogens (tertiary/aromatic N) is 2. The minimum atomic E-state index is -0.582. The molecule has 0 saturated heterocycles. The Morgan fingerprint density at radius 3 is 2.71 bits per heavy atom.